The van der Waals surface area contributed by atoms with Crippen LogP contribution in [0.5, 0.6) is 0 Å². The summed E-state index contributed by atoms with van der Waals surface area (Å²) < 4.78 is 5.02. The maximum Gasteiger partial charge on any atom is 0.309 e. The molecule has 1 fully saturated rings. The summed E-state index contributed by atoms with van der Waals surface area (Å²) >= 11 is 0. The topological polar surface area (TPSA) is 46.6 Å². The van der Waals surface area contributed by atoms with E-state index >= 15 is 0 Å². The summed E-state index contributed by atoms with van der Waals surface area (Å²) in [6.45, 7) is 3.47. The molecule has 102 valence electrons. The summed E-state index contributed by atoms with van der Waals surface area (Å²) in [5.74, 6) is -0.142. The third-order valence-electron chi connectivity index (χ3n) is 3.42. The fourth-order valence-corrected chi connectivity index (χ4v) is 2.34. The molecule has 0 aliphatic carbocycles. The lowest BCUT2D eigenvalue weighted by molar-refractivity contribution is -0.149. The first kappa shape index (κ1) is 13.6. The number of nitrogens with zero attached hydrogens (tertiary/aromatic N) is 1. The van der Waals surface area contributed by atoms with Gasteiger partial charge in [0.05, 0.1) is 12.5 Å². The van der Waals surface area contributed by atoms with Crippen LogP contribution in [0.4, 0.5) is 0 Å². The summed E-state index contributed by atoms with van der Waals surface area (Å²) in [4.78, 5) is 25.6. The molecule has 0 bridgehead atoms. The zero-order valence-corrected chi connectivity index (χ0v) is 11.2. The van der Waals surface area contributed by atoms with Crippen LogP contribution in [0.25, 0.3) is 0 Å². The Morgan fingerprint density at radius 1 is 1.21 bits per heavy atom. The van der Waals surface area contributed by atoms with Gasteiger partial charge in [-0.05, 0) is 31.9 Å². The number of carbonyl (C=O) groups excluding carboxylic acids is 2. The SMILES string of the molecule is CCOC(=O)C1CCN(C(=O)c2ccccc2)CC1. The summed E-state index contributed by atoms with van der Waals surface area (Å²) in [6.07, 6.45) is 1.38. The lowest BCUT2D eigenvalue weighted by Gasteiger charge is -2.30. The summed E-state index contributed by atoms with van der Waals surface area (Å²) in [6, 6.07) is 9.25. The highest BCUT2D eigenvalue weighted by Crippen LogP contribution is 2.20. The van der Waals surface area contributed by atoms with Crippen molar-refractivity contribution in [1.29, 1.82) is 0 Å². The average Bonchev–Trinajstić information content (AvgIpc) is 2.48. The van der Waals surface area contributed by atoms with Crippen LogP contribution in [0.15, 0.2) is 30.3 Å². The van der Waals surface area contributed by atoms with E-state index in [0.29, 0.717) is 38.1 Å². The van der Waals surface area contributed by atoms with Crippen molar-refractivity contribution in [3.63, 3.8) is 0 Å². The molecule has 19 heavy (non-hydrogen) atoms. The molecule has 0 saturated carbocycles. The fraction of sp³-hybridized carbons (Fsp3) is 0.467. The molecule has 1 aliphatic rings. The van der Waals surface area contributed by atoms with Gasteiger partial charge in [-0.25, -0.2) is 0 Å². The number of likely N-dealkylation sites (tertiary alicyclic amines) is 1. The van der Waals surface area contributed by atoms with Gasteiger partial charge in [-0.3, -0.25) is 9.59 Å². The maximum absolute atomic E-state index is 12.2. The summed E-state index contributed by atoms with van der Waals surface area (Å²) in [7, 11) is 0. The molecule has 2 rings (SSSR count). The number of esters is 1. The van der Waals surface area contributed by atoms with Crippen molar-refractivity contribution in [2.75, 3.05) is 19.7 Å². The Hall–Kier alpha value is -1.84. The van der Waals surface area contributed by atoms with Gasteiger partial charge in [-0.1, -0.05) is 18.2 Å². The van der Waals surface area contributed by atoms with Crippen LogP contribution < -0.4 is 0 Å². The van der Waals surface area contributed by atoms with Gasteiger partial charge in [0.25, 0.3) is 5.91 Å². The molecule has 1 amide bonds. The van der Waals surface area contributed by atoms with E-state index in [9.17, 15) is 9.59 Å². The molecule has 1 aliphatic heterocycles. The largest absolute Gasteiger partial charge is 0.466 e. The average molecular weight is 261 g/mol. The maximum atomic E-state index is 12.2. The highest BCUT2D eigenvalue weighted by molar-refractivity contribution is 5.94. The van der Waals surface area contributed by atoms with E-state index in [-0.39, 0.29) is 17.8 Å². The summed E-state index contributed by atoms with van der Waals surface area (Å²) in [5, 5.41) is 0. The molecule has 1 aromatic carbocycles. The first-order valence-corrected chi connectivity index (χ1v) is 6.73. The van der Waals surface area contributed by atoms with Crippen LogP contribution in [0, 0.1) is 5.92 Å². The molecule has 0 spiro atoms. The van der Waals surface area contributed by atoms with Crippen molar-refractivity contribution in [2.24, 2.45) is 5.92 Å². The van der Waals surface area contributed by atoms with Gasteiger partial charge < -0.3 is 9.64 Å². The third kappa shape index (κ3) is 3.34. The number of amides is 1. The zero-order chi connectivity index (χ0) is 13.7. The minimum Gasteiger partial charge on any atom is -0.466 e. The summed E-state index contributed by atoms with van der Waals surface area (Å²) in [5.41, 5.74) is 0.706. The molecular formula is C15H19NO3. The number of rotatable bonds is 3. The molecule has 4 heteroatoms. The van der Waals surface area contributed by atoms with Gasteiger partial charge in [-0.15, -0.1) is 0 Å². The van der Waals surface area contributed by atoms with Gasteiger partial charge in [-0.2, -0.15) is 0 Å². The second-order valence-electron chi connectivity index (χ2n) is 4.68. The standard InChI is InChI=1S/C15H19NO3/c1-2-19-15(18)13-8-10-16(11-9-13)14(17)12-6-4-3-5-7-12/h3-7,13H,2,8-11H2,1H3. The van der Waals surface area contributed by atoms with Crippen LogP contribution in [0.1, 0.15) is 30.1 Å². The minimum absolute atomic E-state index is 0.0444. The van der Waals surface area contributed by atoms with Gasteiger partial charge in [0.1, 0.15) is 0 Å². The Morgan fingerprint density at radius 2 is 1.84 bits per heavy atom. The van der Waals surface area contributed by atoms with Gasteiger partial charge in [0.2, 0.25) is 0 Å². The molecule has 0 unspecified atom stereocenters. The normalized spacial score (nSPS) is 16.2. The van der Waals surface area contributed by atoms with E-state index in [1.807, 2.05) is 42.2 Å². The van der Waals surface area contributed by atoms with E-state index in [2.05, 4.69) is 0 Å². The van der Waals surface area contributed by atoms with Crippen molar-refractivity contribution in [2.45, 2.75) is 19.8 Å². The molecule has 0 radical (unpaired) electrons. The van der Waals surface area contributed by atoms with E-state index < -0.39 is 0 Å². The molecule has 4 nitrogen and oxygen atoms in total. The van der Waals surface area contributed by atoms with Crippen molar-refractivity contribution >= 4 is 11.9 Å². The lowest BCUT2D eigenvalue weighted by Crippen LogP contribution is -2.40. The number of hydrogen-bond donors (Lipinski definition) is 0. The molecular weight excluding hydrogens is 242 g/mol. The lowest BCUT2D eigenvalue weighted by atomic mass is 9.96. The number of piperidine rings is 1. The Kier molecular flexibility index (Phi) is 4.55. The Bertz CT molecular complexity index is 436. The third-order valence-corrected chi connectivity index (χ3v) is 3.42. The van der Waals surface area contributed by atoms with Crippen LogP contribution >= 0.6 is 0 Å². The zero-order valence-electron chi connectivity index (χ0n) is 11.2. The van der Waals surface area contributed by atoms with E-state index in [0.717, 1.165) is 0 Å². The van der Waals surface area contributed by atoms with Crippen LogP contribution in [0.2, 0.25) is 0 Å². The molecule has 1 aromatic rings. The highest BCUT2D eigenvalue weighted by Gasteiger charge is 2.28. The van der Waals surface area contributed by atoms with Crippen LogP contribution in [-0.4, -0.2) is 36.5 Å². The van der Waals surface area contributed by atoms with Crippen molar-refractivity contribution < 1.29 is 14.3 Å². The first-order chi connectivity index (χ1) is 9.22. The molecule has 0 N–H and O–H groups in total. The van der Waals surface area contributed by atoms with Crippen LogP contribution in [-0.2, 0) is 9.53 Å². The monoisotopic (exact) mass is 261 g/mol. The fourth-order valence-electron chi connectivity index (χ4n) is 2.34. The van der Waals surface area contributed by atoms with Gasteiger partial charge >= 0.3 is 5.97 Å². The van der Waals surface area contributed by atoms with Crippen molar-refractivity contribution in [1.82, 2.24) is 4.90 Å². The van der Waals surface area contributed by atoms with Crippen molar-refractivity contribution in [3.8, 4) is 0 Å². The smallest absolute Gasteiger partial charge is 0.309 e. The minimum atomic E-state index is -0.130. The Labute approximate surface area is 113 Å². The molecule has 0 atom stereocenters. The predicted molar refractivity (Wildman–Crippen MR) is 71.7 cm³/mol. The van der Waals surface area contributed by atoms with E-state index in [1.54, 1.807) is 0 Å². The quantitative estimate of drug-likeness (QED) is 0.783. The molecule has 0 aromatic heterocycles. The van der Waals surface area contributed by atoms with Gasteiger partial charge in [0, 0.05) is 18.7 Å². The van der Waals surface area contributed by atoms with E-state index in [1.165, 1.54) is 0 Å². The Balaban J connectivity index is 1.90. The Morgan fingerprint density at radius 3 is 2.42 bits per heavy atom. The second kappa shape index (κ2) is 6.36. The van der Waals surface area contributed by atoms with Crippen LogP contribution in [0.3, 0.4) is 0 Å². The first-order valence-electron chi connectivity index (χ1n) is 6.73. The predicted octanol–water partition coefficient (Wildman–Crippen LogP) is 2.10. The highest BCUT2D eigenvalue weighted by atomic mass is 16.5. The van der Waals surface area contributed by atoms with Gasteiger partial charge in [0.15, 0.2) is 0 Å². The second-order valence-corrected chi connectivity index (χ2v) is 4.68. The number of ether oxygens (including phenoxy) is 1. The number of benzene rings is 1. The van der Waals surface area contributed by atoms with E-state index in [4.69, 9.17) is 4.74 Å². The molecule has 1 saturated heterocycles. The number of hydrogen-bond acceptors (Lipinski definition) is 3. The molecule has 1 heterocycles. The number of carbonyl (C=O) groups is 2. The van der Waals surface area contributed by atoms with Crippen molar-refractivity contribution in [3.05, 3.63) is 35.9 Å².